The molecule has 0 amide bonds. The van der Waals surface area contributed by atoms with E-state index in [9.17, 15) is 0 Å². The third kappa shape index (κ3) is 5.86. The third-order valence-electron chi connectivity index (χ3n) is 5.10. The highest BCUT2D eigenvalue weighted by atomic mass is 32.4. The van der Waals surface area contributed by atoms with Crippen LogP contribution in [0, 0.1) is 0 Å². The summed E-state index contributed by atoms with van der Waals surface area (Å²) in [6.07, 6.45) is 14.0. The second kappa shape index (κ2) is 11.5. The molecule has 3 heteroatoms. The third-order valence-corrected chi connectivity index (χ3v) is 16.5. The maximum atomic E-state index is 2.41. The van der Waals surface area contributed by atoms with Crippen LogP contribution in [0.25, 0.3) is 11.1 Å². The smallest absolute Gasteiger partial charge is 0.00745 e. The van der Waals surface area contributed by atoms with Crippen molar-refractivity contribution in [1.29, 1.82) is 0 Å². The molecule has 1 heterocycles. The Bertz CT molecular complexity index is 989. The van der Waals surface area contributed by atoms with Crippen LogP contribution < -0.4 is 10.6 Å². The molecule has 3 aromatic carbocycles. The molecule has 0 aliphatic carbocycles. The molecule has 2 atom stereocenters. The summed E-state index contributed by atoms with van der Waals surface area (Å²) in [7, 11) is 0.980. The predicted molar refractivity (Wildman–Crippen MR) is 141 cm³/mol. The monoisotopic (exact) mass is 444 g/mol. The molecule has 0 radical (unpaired) electrons. The molecule has 0 bridgehead atoms. The van der Waals surface area contributed by atoms with E-state index in [1.165, 1.54) is 49.7 Å². The fourth-order valence-corrected chi connectivity index (χ4v) is 15.0. The van der Waals surface area contributed by atoms with Crippen molar-refractivity contribution in [3.8, 4) is 11.1 Å². The number of rotatable bonds is 3. The van der Waals surface area contributed by atoms with Crippen LogP contribution in [0.15, 0.2) is 109 Å². The first-order valence-electron chi connectivity index (χ1n) is 10.6. The minimum Gasteiger partial charge on any atom is -0.0845 e. The van der Waals surface area contributed by atoms with Crippen LogP contribution in [-0.4, -0.2) is 12.0 Å². The van der Waals surface area contributed by atoms with Gasteiger partial charge in [-0.25, -0.2) is 0 Å². The van der Waals surface area contributed by atoms with Crippen molar-refractivity contribution < 1.29 is 0 Å². The molecule has 0 saturated heterocycles. The minimum absolute atomic E-state index is 0.218. The van der Waals surface area contributed by atoms with E-state index in [2.05, 4.69) is 115 Å². The quantitative estimate of drug-likeness (QED) is 0.358. The van der Waals surface area contributed by atoms with Crippen molar-refractivity contribution in [2.24, 2.45) is 0 Å². The van der Waals surface area contributed by atoms with E-state index in [1.54, 1.807) is 5.30 Å². The molecule has 0 N–H and O–H groups in total. The Morgan fingerprint density at radius 2 is 1.30 bits per heavy atom. The van der Waals surface area contributed by atoms with Crippen molar-refractivity contribution in [1.82, 2.24) is 0 Å². The minimum atomic E-state index is -0.257. The predicted octanol–water partition coefficient (Wildman–Crippen LogP) is 8.14. The summed E-state index contributed by atoms with van der Waals surface area (Å²) < 4.78 is 0. The fraction of sp³-hybridized carbons (Fsp3) is 0.148. The summed E-state index contributed by atoms with van der Waals surface area (Å²) in [5.41, 5.74) is 2.61. The zero-order chi connectivity index (χ0) is 20.4. The lowest BCUT2D eigenvalue weighted by atomic mass is 10.1. The molecule has 150 valence electrons. The highest BCUT2D eigenvalue weighted by Crippen LogP contribution is 2.74. The fourth-order valence-electron chi connectivity index (χ4n) is 3.53. The Hall–Kier alpha value is -1.83. The molecule has 0 saturated carbocycles. The van der Waals surface area contributed by atoms with Crippen LogP contribution in [0.5, 0.6) is 0 Å². The van der Waals surface area contributed by atoms with E-state index in [-0.39, 0.29) is 14.9 Å². The summed E-state index contributed by atoms with van der Waals surface area (Å²) in [4.78, 5) is 0. The highest BCUT2D eigenvalue weighted by molar-refractivity contribution is 8.60. The van der Waals surface area contributed by atoms with Crippen LogP contribution in [0.2, 0.25) is 0 Å². The zero-order valence-corrected chi connectivity index (χ0v) is 19.8. The molecule has 0 aromatic heterocycles. The van der Waals surface area contributed by atoms with E-state index < -0.39 is 0 Å². The van der Waals surface area contributed by atoms with Crippen molar-refractivity contribution >= 4 is 39.2 Å². The summed E-state index contributed by atoms with van der Waals surface area (Å²) in [5, 5.41) is 3.08. The van der Waals surface area contributed by atoms with Gasteiger partial charge in [0.15, 0.2) is 0 Å². The van der Waals surface area contributed by atoms with Crippen LogP contribution in [0.3, 0.4) is 0 Å². The van der Waals surface area contributed by atoms with E-state index in [0.717, 1.165) is 0 Å². The molecule has 3 aromatic rings. The van der Waals surface area contributed by atoms with Gasteiger partial charge >= 0.3 is 0 Å². The van der Waals surface area contributed by atoms with Gasteiger partial charge in [-0.15, -0.1) is 0 Å². The molecular weight excluding hydrogens is 417 g/mol. The summed E-state index contributed by atoms with van der Waals surface area (Å²) >= 11 is 0. The van der Waals surface area contributed by atoms with E-state index in [0.29, 0.717) is 0 Å². The molecule has 1 aliphatic rings. The Balaban J connectivity index is 1.68. The first-order chi connectivity index (χ1) is 14.9. The van der Waals surface area contributed by atoms with Crippen molar-refractivity contribution in [3.05, 3.63) is 109 Å². The van der Waals surface area contributed by atoms with Crippen LogP contribution >= 0.6 is 22.8 Å². The lowest BCUT2D eigenvalue weighted by molar-refractivity contribution is 0.822. The molecule has 0 fully saturated rings. The van der Waals surface area contributed by atoms with Gasteiger partial charge in [0, 0.05) is 7.30 Å². The average Bonchev–Trinajstić information content (AvgIpc) is 2.81. The number of allylic oxidation sites excluding steroid dienone is 4. The molecule has 1 aliphatic heterocycles. The highest BCUT2D eigenvalue weighted by Gasteiger charge is 2.22. The Kier molecular flexibility index (Phi) is 8.23. The van der Waals surface area contributed by atoms with Crippen molar-refractivity contribution in [3.63, 3.8) is 0 Å². The van der Waals surface area contributed by atoms with Gasteiger partial charge in [0.05, 0.1) is 0 Å². The lowest BCUT2D eigenvalue weighted by Gasteiger charge is -2.26. The second-order valence-electron chi connectivity index (χ2n) is 7.23. The summed E-state index contributed by atoms with van der Waals surface area (Å²) in [6.45, 7) is 0. The van der Waals surface area contributed by atoms with Gasteiger partial charge in [0.25, 0.3) is 0 Å². The van der Waals surface area contributed by atoms with Gasteiger partial charge in [-0.05, 0) is 60.6 Å². The van der Waals surface area contributed by atoms with Crippen molar-refractivity contribution in [2.45, 2.75) is 19.3 Å². The Morgan fingerprint density at radius 3 is 2.07 bits per heavy atom. The van der Waals surface area contributed by atoms with Crippen LogP contribution in [0.4, 0.5) is 0 Å². The number of hydrogen-bond donors (Lipinski definition) is 0. The molecule has 4 rings (SSSR count). The SMILES string of the molecule is C1=C\C=P\P(c2ccccc2)P(c2ccc(-c3ccccc3)cc2)CCCC/C=C/1. The van der Waals surface area contributed by atoms with Gasteiger partial charge in [-0.1, -0.05) is 117 Å². The van der Waals surface area contributed by atoms with Crippen molar-refractivity contribution in [2.75, 3.05) is 6.16 Å². The maximum Gasteiger partial charge on any atom is 0.00745 e. The Labute approximate surface area is 184 Å². The summed E-state index contributed by atoms with van der Waals surface area (Å²) in [5.74, 6) is 2.36. The average molecular weight is 444 g/mol. The van der Waals surface area contributed by atoms with Gasteiger partial charge in [0.2, 0.25) is 0 Å². The normalized spacial score (nSPS) is 22.9. The number of hydrogen-bond acceptors (Lipinski definition) is 0. The van der Waals surface area contributed by atoms with Gasteiger partial charge in [0.1, 0.15) is 0 Å². The van der Waals surface area contributed by atoms with E-state index >= 15 is 0 Å². The molecule has 0 spiro atoms. The molecular formula is C27H27P3. The second-order valence-corrected chi connectivity index (χ2v) is 16.1. The Morgan fingerprint density at radius 1 is 0.600 bits per heavy atom. The first-order valence-corrected chi connectivity index (χ1v) is 15.8. The zero-order valence-electron chi connectivity index (χ0n) is 17.1. The molecule has 2 unspecified atom stereocenters. The largest absolute Gasteiger partial charge is 0.0845 e. The van der Waals surface area contributed by atoms with E-state index in [1.807, 2.05) is 0 Å². The van der Waals surface area contributed by atoms with E-state index in [4.69, 9.17) is 0 Å². The molecule has 0 nitrogen and oxygen atoms in total. The first kappa shape index (κ1) is 21.4. The van der Waals surface area contributed by atoms with Gasteiger partial charge < -0.3 is 0 Å². The maximum absolute atomic E-state index is 2.41. The van der Waals surface area contributed by atoms with Crippen LogP contribution in [-0.2, 0) is 0 Å². The van der Waals surface area contributed by atoms with Crippen LogP contribution in [0.1, 0.15) is 19.3 Å². The molecule has 30 heavy (non-hydrogen) atoms. The lowest BCUT2D eigenvalue weighted by Crippen LogP contribution is -2.06. The number of benzene rings is 3. The van der Waals surface area contributed by atoms with Gasteiger partial charge in [-0.3, -0.25) is 0 Å². The summed E-state index contributed by atoms with van der Waals surface area (Å²) in [6, 6.07) is 31.4. The topological polar surface area (TPSA) is 0 Å². The standard InChI is InChI=1S/C27H27P3/c1-2-4-12-22-28-30(27-16-10-7-11-17-27)29(23-13-5-3-1)26-20-18-25(19-21-26)24-14-8-6-9-15-24/h1-2,4,6-12,14-22H,3,5,13,23H2/b2-1+,12-4-. The van der Waals surface area contributed by atoms with Gasteiger partial charge in [-0.2, -0.15) is 0 Å².